The van der Waals surface area contributed by atoms with E-state index in [-0.39, 0.29) is 11.5 Å². The van der Waals surface area contributed by atoms with Crippen molar-refractivity contribution in [1.82, 2.24) is 15.5 Å². The third-order valence-electron chi connectivity index (χ3n) is 4.47. The van der Waals surface area contributed by atoms with Gasteiger partial charge < -0.3 is 9.84 Å². The van der Waals surface area contributed by atoms with E-state index < -0.39 is 0 Å². The van der Waals surface area contributed by atoms with Crippen molar-refractivity contribution in [1.29, 1.82) is 0 Å². The molecule has 21 heavy (non-hydrogen) atoms. The summed E-state index contributed by atoms with van der Waals surface area (Å²) in [4.78, 5) is 4.69. The Bertz CT molecular complexity index is 575. The molecule has 1 N–H and O–H groups in total. The molecule has 0 amide bonds. The molecule has 3 rings (SSSR count). The van der Waals surface area contributed by atoms with E-state index in [0.29, 0.717) is 5.89 Å². The first-order chi connectivity index (χ1) is 10.3. The maximum Gasteiger partial charge on any atom is 0.243 e. The first kappa shape index (κ1) is 14.3. The van der Waals surface area contributed by atoms with Crippen molar-refractivity contribution < 1.29 is 4.52 Å². The predicted octanol–water partition coefficient (Wildman–Crippen LogP) is 3.60. The molecule has 1 unspecified atom stereocenters. The summed E-state index contributed by atoms with van der Waals surface area (Å²) in [5.41, 5.74) is 1.27. The monoisotopic (exact) mass is 285 g/mol. The highest BCUT2D eigenvalue weighted by molar-refractivity contribution is 5.35. The van der Waals surface area contributed by atoms with Crippen LogP contribution in [0, 0.1) is 0 Å². The van der Waals surface area contributed by atoms with Gasteiger partial charge in [-0.3, -0.25) is 0 Å². The van der Waals surface area contributed by atoms with Gasteiger partial charge in [0.2, 0.25) is 5.89 Å². The molecule has 1 aromatic heterocycles. The van der Waals surface area contributed by atoms with Crippen LogP contribution >= 0.6 is 0 Å². The van der Waals surface area contributed by atoms with Gasteiger partial charge in [0.1, 0.15) is 0 Å². The standard InChI is InChI=1S/C17H23N3O/c1-3-12-18-13(2)15-19-16(20-21-15)17(10-7-11-17)14-8-5-4-6-9-14/h4-6,8-9,13,18H,3,7,10-12H2,1-2H3. The number of aromatic nitrogens is 2. The van der Waals surface area contributed by atoms with Crippen LogP contribution in [0.4, 0.5) is 0 Å². The van der Waals surface area contributed by atoms with E-state index in [1.165, 1.54) is 12.0 Å². The first-order valence-electron chi connectivity index (χ1n) is 7.89. The zero-order chi connectivity index (χ0) is 14.7. The van der Waals surface area contributed by atoms with Crippen LogP contribution in [0.5, 0.6) is 0 Å². The molecular weight excluding hydrogens is 262 g/mol. The van der Waals surface area contributed by atoms with Crippen molar-refractivity contribution >= 4 is 0 Å². The smallest absolute Gasteiger partial charge is 0.243 e. The van der Waals surface area contributed by atoms with Crippen LogP contribution in [0.25, 0.3) is 0 Å². The van der Waals surface area contributed by atoms with E-state index in [1.807, 2.05) is 6.07 Å². The maximum absolute atomic E-state index is 5.50. The summed E-state index contributed by atoms with van der Waals surface area (Å²) in [6.07, 6.45) is 4.53. The number of hydrogen-bond acceptors (Lipinski definition) is 4. The lowest BCUT2D eigenvalue weighted by atomic mass is 9.64. The van der Waals surface area contributed by atoms with Crippen LogP contribution in [-0.4, -0.2) is 16.7 Å². The fourth-order valence-corrected chi connectivity index (χ4v) is 2.98. The van der Waals surface area contributed by atoms with E-state index in [2.05, 4.69) is 48.6 Å². The zero-order valence-corrected chi connectivity index (χ0v) is 12.8. The lowest BCUT2D eigenvalue weighted by Crippen LogP contribution is -2.36. The lowest BCUT2D eigenvalue weighted by Gasteiger charge is -2.39. The Morgan fingerprint density at radius 2 is 2.05 bits per heavy atom. The number of benzene rings is 1. The molecule has 1 aliphatic carbocycles. The van der Waals surface area contributed by atoms with E-state index in [0.717, 1.165) is 31.6 Å². The third-order valence-corrected chi connectivity index (χ3v) is 4.47. The van der Waals surface area contributed by atoms with E-state index >= 15 is 0 Å². The van der Waals surface area contributed by atoms with Gasteiger partial charge in [0, 0.05) is 0 Å². The molecule has 4 nitrogen and oxygen atoms in total. The van der Waals surface area contributed by atoms with Crippen molar-refractivity contribution in [2.24, 2.45) is 0 Å². The lowest BCUT2D eigenvalue weighted by molar-refractivity contribution is 0.269. The molecule has 1 saturated carbocycles. The second-order valence-electron chi connectivity index (χ2n) is 5.93. The molecule has 1 fully saturated rings. The quantitative estimate of drug-likeness (QED) is 0.881. The minimum absolute atomic E-state index is 0.0342. The average Bonchev–Trinajstić information content (AvgIpc) is 2.95. The topological polar surface area (TPSA) is 51.0 Å². The second-order valence-corrected chi connectivity index (χ2v) is 5.93. The molecule has 0 spiro atoms. The van der Waals surface area contributed by atoms with Crippen LogP contribution in [0.1, 0.15) is 62.9 Å². The molecule has 2 aromatic rings. The van der Waals surface area contributed by atoms with E-state index in [4.69, 9.17) is 9.51 Å². The zero-order valence-electron chi connectivity index (χ0n) is 12.8. The van der Waals surface area contributed by atoms with Crippen molar-refractivity contribution in [3.05, 3.63) is 47.6 Å². The first-order valence-corrected chi connectivity index (χ1v) is 7.89. The molecule has 1 atom stereocenters. The molecule has 1 aliphatic rings. The average molecular weight is 285 g/mol. The molecule has 4 heteroatoms. The van der Waals surface area contributed by atoms with Crippen molar-refractivity contribution in [3.8, 4) is 0 Å². The van der Waals surface area contributed by atoms with Gasteiger partial charge in [0.05, 0.1) is 11.5 Å². The number of nitrogens with zero attached hydrogens (tertiary/aromatic N) is 2. The Kier molecular flexibility index (Phi) is 4.06. The van der Waals surface area contributed by atoms with Crippen LogP contribution in [0.15, 0.2) is 34.9 Å². The van der Waals surface area contributed by atoms with Gasteiger partial charge in [0.15, 0.2) is 5.82 Å². The van der Waals surface area contributed by atoms with Gasteiger partial charge in [-0.15, -0.1) is 0 Å². The summed E-state index contributed by atoms with van der Waals surface area (Å²) >= 11 is 0. The van der Waals surface area contributed by atoms with Gasteiger partial charge in [-0.05, 0) is 38.3 Å². The fraction of sp³-hybridized carbons (Fsp3) is 0.529. The van der Waals surface area contributed by atoms with Crippen molar-refractivity contribution in [2.45, 2.75) is 51.0 Å². The van der Waals surface area contributed by atoms with Crippen LogP contribution < -0.4 is 5.32 Å². The van der Waals surface area contributed by atoms with Gasteiger partial charge in [-0.1, -0.05) is 48.8 Å². The number of hydrogen-bond donors (Lipinski definition) is 1. The third kappa shape index (κ3) is 2.60. The molecule has 0 aliphatic heterocycles. The summed E-state index contributed by atoms with van der Waals surface area (Å²) in [6, 6.07) is 10.7. The largest absolute Gasteiger partial charge is 0.338 e. The molecule has 1 aromatic carbocycles. The normalized spacial score (nSPS) is 18.2. The molecular formula is C17H23N3O. The Balaban J connectivity index is 1.84. The predicted molar refractivity (Wildman–Crippen MR) is 82.1 cm³/mol. The molecule has 0 saturated heterocycles. The van der Waals surface area contributed by atoms with E-state index in [9.17, 15) is 0 Å². The SMILES string of the molecule is CCCNC(C)c1nc(C2(c3ccccc3)CCC2)no1. The Hall–Kier alpha value is -1.68. The van der Waals surface area contributed by atoms with Crippen LogP contribution in [-0.2, 0) is 5.41 Å². The second kappa shape index (κ2) is 5.98. The summed E-state index contributed by atoms with van der Waals surface area (Å²) in [5.74, 6) is 1.54. The summed E-state index contributed by atoms with van der Waals surface area (Å²) in [5, 5.41) is 7.68. The van der Waals surface area contributed by atoms with Gasteiger partial charge in [-0.25, -0.2) is 0 Å². The molecule has 0 radical (unpaired) electrons. The summed E-state index contributed by atoms with van der Waals surface area (Å²) < 4.78 is 5.50. The minimum atomic E-state index is -0.0342. The Morgan fingerprint density at radius 3 is 2.67 bits per heavy atom. The Labute approximate surface area is 126 Å². The summed E-state index contributed by atoms with van der Waals surface area (Å²) in [7, 11) is 0. The van der Waals surface area contributed by atoms with Crippen molar-refractivity contribution in [2.75, 3.05) is 6.54 Å². The molecule has 0 bridgehead atoms. The highest BCUT2D eigenvalue weighted by atomic mass is 16.5. The van der Waals surface area contributed by atoms with Gasteiger partial charge in [-0.2, -0.15) is 4.98 Å². The summed E-state index contributed by atoms with van der Waals surface area (Å²) in [6.45, 7) is 5.18. The van der Waals surface area contributed by atoms with Crippen molar-refractivity contribution in [3.63, 3.8) is 0 Å². The van der Waals surface area contributed by atoms with E-state index in [1.54, 1.807) is 0 Å². The number of nitrogens with one attached hydrogen (secondary N) is 1. The van der Waals surface area contributed by atoms with Gasteiger partial charge in [0.25, 0.3) is 0 Å². The molecule has 112 valence electrons. The number of rotatable bonds is 6. The van der Waals surface area contributed by atoms with Crippen LogP contribution in [0.2, 0.25) is 0 Å². The highest BCUT2D eigenvalue weighted by Gasteiger charge is 2.44. The molecule has 1 heterocycles. The maximum atomic E-state index is 5.50. The van der Waals surface area contributed by atoms with Gasteiger partial charge >= 0.3 is 0 Å². The Morgan fingerprint density at radius 1 is 1.29 bits per heavy atom. The fourth-order valence-electron chi connectivity index (χ4n) is 2.98. The highest BCUT2D eigenvalue weighted by Crippen LogP contribution is 2.47. The van der Waals surface area contributed by atoms with Crippen LogP contribution in [0.3, 0.4) is 0 Å². The minimum Gasteiger partial charge on any atom is -0.338 e.